The smallest absolute Gasteiger partial charge is 0.408 e. The van der Waals surface area contributed by atoms with E-state index >= 15 is 0 Å². The molecule has 0 saturated carbocycles. The molecule has 2 rings (SSSR count). The zero-order valence-corrected chi connectivity index (χ0v) is 25.3. The van der Waals surface area contributed by atoms with E-state index in [4.69, 9.17) is 4.74 Å². The van der Waals surface area contributed by atoms with E-state index in [0.29, 0.717) is 19.3 Å². The lowest BCUT2D eigenvalue weighted by Crippen LogP contribution is -2.55. The Morgan fingerprint density at radius 3 is 1.76 bits per heavy atom. The number of rotatable bonds is 15. The zero-order valence-electron chi connectivity index (χ0n) is 24.5. The van der Waals surface area contributed by atoms with E-state index in [0.717, 1.165) is 22.8 Å². The third kappa shape index (κ3) is 14.0. The summed E-state index contributed by atoms with van der Waals surface area (Å²) in [5, 5.41) is 9.42. The van der Waals surface area contributed by atoms with Crippen molar-refractivity contribution < 1.29 is 27.5 Å². The van der Waals surface area contributed by atoms with Crippen LogP contribution in [0.2, 0.25) is 0 Å². The molecular weight excluding hydrogens is 542 g/mol. The zero-order chi connectivity index (χ0) is 30.4. The van der Waals surface area contributed by atoms with Gasteiger partial charge in [-0.1, -0.05) is 94.4 Å². The molecule has 10 heteroatoms. The summed E-state index contributed by atoms with van der Waals surface area (Å²) in [5.41, 5.74) is 1.73. The summed E-state index contributed by atoms with van der Waals surface area (Å²) in [7, 11) is -3.42. The summed E-state index contributed by atoms with van der Waals surface area (Å²) in [6.45, 7) is 7.78. The summed E-state index contributed by atoms with van der Waals surface area (Å²) in [5.74, 6) is -0.796. The highest BCUT2D eigenvalue weighted by Crippen LogP contribution is 2.11. The Morgan fingerprint density at radius 1 is 0.756 bits per heavy atom. The Morgan fingerprint density at radius 2 is 1.24 bits per heavy atom. The molecule has 0 aliphatic heterocycles. The molecule has 0 aromatic heterocycles. The van der Waals surface area contributed by atoms with Crippen LogP contribution in [0.4, 0.5) is 4.79 Å². The van der Waals surface area contributed by atoms with Crippen molar-refractivity contribution in [3.05, 3.63) is 83.3 Å². The van der Waals surface area contributed by atoms with Crippen molar-refractivity contribution in [1.29, 1.82) is 0 Å². The first-order valence-corrected chi connectivity index (χ1v) is 15.8. The van der Waals surface area contributed by atoms with E-state index in [1.807, 2.05) is 88.4 Å². The first kappa shape index (κ1) is 33.5. The number of benzene rings is 2. The van der Waals surface area contributed by atoms with Crippen LogP contribution in [-0.2, 0) is 37.2 Å². The molecule has 224 valence electrons. The highest BCUT2D eigenvalue weighted by atomic mass is 32.2. The maximum Gasteiger partial charge on any atom is 0.408 e. The van der Waals surface area contributed by atoms with Crippen LogP contribution in [0.15, 0.2) is 72.1 Å². The Balaban J connectivity index is 2.15. The van der Waals surface area contributed by atoms with Crippen LogP contribution < -0.4 is 16.0 Å². The fourth-order valence-electron chi connectivity index (χ4n) is 4.14. The number of carbonyl (C=O) groups excluding carboxylic acids is 3. The Labute approximate surface area is 244 Å². The number of ether oxygens (including phenoxy) is 1. The summed E-state index contributed by atoms with van der Waals surface area (Å²) >= 11 is 0. The molecular formula is C31H43N3O6S. The van der Waals surface area contributed by atoms with Crippen molar-refractivity contribution in [3.8, 4) is 0 Å². The van der Waals surface area contributed by atoms with Crippen LogP contribution in [0, 0.1) is 11.8 Å². The normalized spacial score (nSPS) is 13.9. The molecule has 0 radical (unpaired) electrons. The number of carbonyl (C=O) groups is 3. The van der Waals surface area contributed by atoms with Gasteiger partial charge in [-0.3, -0.25) is 9.59 Å². The summed E-state index contributed by atoms with van der Waals surface area (Å²) in [6, 6.07) is 16.2. The van der Waals surface area contributed by atoms with Crippen molar-refractivity contribution in [2.75, 3.05) is 6.26 Å². The van der Waals surface area contributed by atoms with E-state index < -0.39 is 45.9 Å². The van der Waals surface area contributed by atoms with Crippen molar-refractivity contribution >= 4 is 27.7 Å². The van der Waals surface area contributed by atoms with Crippen LogP contribution in [0.1, 0.15) is 51.7 Å². The lowest BCUT2D eigenvalue weighted by molar-refractivity contribution is -0.130. The molecule has 0 heterocycles. The van der Waals surface area contributed by atoms with E-state index in [1.54, 1.807) is 0 Å². The molecule has 0 saturated heterocycles. The first-order chi connectivity index (χ1) is 19.3. The molecule has 0 aliphatic rings. The maximum absolute atomic E-state index is 13.4. The van der Waals surface area contributed by atoms with Crippen LogP contribution in [-0.4, -0.2) is 50.7 Å². The first-order valence-electron chi connectivity index (χ1n) is 13.8. The highest BCUT2D eigenvalue weighted by molar-refractivity contribution is 7.93. The van der Waals surface area contributed by atoms with Gasteiger partial charge in [-0.25, -0.2) is 13.2 Å². The Hall–Kier alpha value is -3.66. The standard InChI is InChI=1S/C31H43N3O6S/c1-22(2)18-27(29(35)32-26(16-17-41(5,38)39)20-24-12-8-6-9-13-24)33-30(36)28(19-23(3)4)34-31(37)40-21-25-14-10-7-11-15-25/h6-17,22-23,26-28H,18-21H2,1-5H3,(H,32,35)(H,33,36)(H,34,37). The molecule has 0 bridgehead atoms. The molecule has 3 amide bonds. The van der Waals surface area contributed by atoms with Gasteiger partial charge in [0, 0.05) is 11.7 Å². The fourth-order valence-corrected chi connectivity index (χ4v) is 4.62. The Bertz CT molecular complexity index is 1250. The summed E-state index contributed by atoms with van der Waals surface area (Å²) in [4.78, 5) is 39.3. The molecule has 3 unspecified atom stereocenters. The number of amides is 3. The minimum absolute atomic E-state index is 0.0604. The van der Waals surface area contributed by atoms with Gasteiger partial charge in [-0.2, -0.15) is 0 Å². The average Bonchev–Trinajstić information content (AvgIpc) is 2.90. The van der Waals surface area contributed by atoms with E-state index in [9.17, 15) is 22.8 Å². The van der Waals surface area contributed by atoms with E-state index in [2.05, 4.69) is 16.0 Å². The molecule has 0 aliphatic carbocycles. The highest BCUT2D eigenvalue weighted by Gasteiger charge is 2.29. The van der Waals surface area contributed by atoms with Gasteiger partial charge in [0.1, 0.15) is 18.7 Å². The van der Waals surface area contributed by atoms with Crippen molar-refractivity contribution in [2.45, 2.75) is 71.7 Å². The minimum Gasteiger partial charge on any atom is -0.445 e. The third-order valence-electron chi connectivity index (χ3n) is 6.05. The van der Waals surface area contributed by atoms with E-state index in [1.165, 1.54) is 6.08 Å². The van der Waals surface area contributed by atoms with Gasteiger partial charge in [-0.15, -0.1) is 0 Å². The van der Waals surface area contributed by atoms with Gasteiger partial charge in [0.15, 0.2) is 9.84 Å². The second-order valence-corrected chi connectivity index (χ2v) is 13.0. The summed E-state index contributed by atoms with van der Waals surface area (Å²) in [6.07, 6.45) is 2.85. The van der Waals surface area contributed by atoms with Crippen molar-refractivity contribution in [2.24, 2.45) is 11.8 Å². The average molecular weight is 586 g/mol. The molecule has 41 heavy (non-hydrogen) atoms. The van der Waals surface area contributed by atoms with Crippen molar-refractivity contribution in [1.82, 2.24) is 16.0 Å². The quantitative estimate of drug-likeness (QED) is 0.288. The number of alkyl carbamates (subject to hydrolysis) is 1. The monoisotopic (exact) mass is 585 g/mol. The third-order valence-corrected chi connectivity index (χ3v) is 6.70. The molecule has 0 fully saturated rings. The van der Waals surface area contributed by atoms with Gasteiger partial charge < -0.3 is 20.7 Å². The maximum atomic E-state index is 13.4. The number of hydrogen-bond acceptors (Lipinski definition) is 6. The van der Waals surface area contributed by atoms with Gasteiger partial charge in [0.25, 0.3) is 0 Å². The lowest BCUT2D eigenvalue weighted by Gasteiger charge is -2.26. The number of nitrogens with one attached hydrogen (secondary N) is 3. The van der Waals surface area contributed by atoms with Crippen LogP contribution >= 0.6 is 0 Å². The lowest BCUT2D eigenvalue weighted by atomic mass is 9.99. The fraction of sp³-hybridized carbons (Fsp3) is 0.452. The van der Waals surface area contributed by atoms with Crippen molar-refractivity contribution in [3.63, 3.8) is 0 Å². The largest absolute Gasteiger partial charge is 0.445 e. The second-order valence-electron chi connectivity index (χ2n) is 11.0. The Kier molecular flexibility index (Phi) is 13.6. The van der Waals surface area contributed by atoms with Gasteiger partial charge >= 0.3 is 6.09 Å². The molecule has 2 aromatic carbocycles. The molecule has 0 spiro atoms. The molecule has 2 aromatic rings. The van der Waals surface area contributed by atoms with Crippen LogP contribution in [0.5, 0.6) is 0 Å². The molecule has 3 N–H and O–H groups in total. The van der Waals surface area contributed by atoms with E-state index in [-0.39, 0.29) is 18.4 Å². The van der Waals surface area contributed by atoms with Crippen LogP contribution in [0.3, 0.4) is 0 Å². The minimum atomic E-state index is -3.42. The molecule has 9 nitrogen and oxygen atoms in total. The number of sulfone groups is 1. The predicted octanol–water partition coefficient (Wildman–Crippen LogP) is 4.14. The van der Waals surface area contributed by atoms with Gasteiger partial charge in [-0.05, 0) is 42.2 Å². The SMILES string of the molecule is CC(C)CC(NC(=O)OCc1ccccc1)C(=O)NC(CC(C)C)C(=O)NC(C=CS(C)(=O)=O)Cc1ccccc1. The number of hydrogen-bond donors (Lipinski definition) is 3. The van der Waals surface area contributed by atoms with Gasteiger partial charge in [0.2, 0.25) is 11.8 Å². The summed E-state index contributed by atoms with van der Waals surface area (Å²) < 4.78 is 28.9. The predicted molar refractivity (Wildman–Crippen MR) is 160 cm³/mol. The molecule has 3 atom stereocenters. The second kappa shape index (κ2) is 16.6. The van der Waals surface area contributed by atoms with Crippen LogP contribution in [0.25, 0.3) is 0 Å². The topological polar surface area (TPSA) is 131 Å². The van der Waals surface area contributed by atoms with Gasteiger partial charge in [0.05, 0.1) is 6.04 Å².